The first-order valence-electron chi connectivity index (χ1n) is 6.99. The van der Waals surface area contributed by atoms with Crippen molar-refractivity contribution >= 4 is 63.8 Å². The van der Waals surface area contributed by atoms with E-state index in [1.165, 1.54) is 12.1 Å². The maximum atomic E-state index is 13.1. The van der Waals surface area contributed by atoms with Crippen LogP contribution in [0.5, 0.6) is 0 Å². The quantitative estimate of drug-likeness (QED) is 0.574. The van der Waals surface area contributed by atoms with Gasteiger partial charge in [-0.1, -0.05) is 46.9 Å². The molecule has 2 amide bonds. The third-order valence-electron chi connectivity index (χ3n) is 3.46. The maximum Gasteiger partial charge on any atom is 0.293 e. The first-order valence-corrected chi connectivity index (χ1v) is 8.94. The molecule has 1 saturated heterocycles. The number of nitrogens with zero attached hydrogens (tertiary/aromatic N) is 1. The van der Waals surface area contributed by atoms with Crippen LogP contribution in [-0.2, 0) is 11.3 Å². The van der Waals surface area contributed by atoms with E-state index in [1.807, 2.05) is 0 Å². The Kier molecular flexibility index (Phi) is 5.39. The number of imide groups is 1. The average Bonchev–Trinajstić information content (AvgIpc) is 2.81. The maximum absolute atomic E-state index is 13.1. The lowest BCUT2D eigenvalue weighted by Crippen LogP contribution is -2.27. The Bertz CT molecular complexity index is 917. The Morgan fingerprint density at radius 1 is 1.00 bits per heavy atom. The topological polar surface area (TPSA) is 37.4 Å². The third kappa shape index (κ3) is 4.01. The molecule has 1 aliphatic heterocycles. The van der Waals surface area contributed by atoms with Gasteiger partial charge in [0.1, 0.15) is 5.82 Å². The molecule has 128 valence electrons. The summed E-state index contributed by atoms with van der Waals surface area (Å²) in [7, 11) is 0. The van der Waals surface area contributed by atoms with Crippen molar-refractivity contribution < 1.29 is 14.0 Å². The summed E-state index contributed by atoms with van der Waals surface area (Å²) < 4.78 is 13.1. The molecule has 0 atom stereocenters. The lowest BCUT2D eigenvalue weighted by atomic mass is 10.2. The van der Waals surface area contributed by atoms with Crippen molar-refractivity contribution in [1.29, 1.82) is 0 Å². The number of hydrogen-bond acceptors (Lipinski definition) is 3. The molecule has 0 spiro atoms. The lowest BCUT2D eigenvalue weighted by Gasteiger charge is -2.13. The van der Waals surface area contributed by atoms with Crippen molar-refractivity contribution in [3.63, 3.8) is 0 Å². The van der Waals surface area contributed by atoms with E-state index in [0.717, 1.165) is 22.7 Å². The molecule has 1 heterocycles. The number of carbonyl (C=O) groups is 2. The van der Waals surface area contributed by atoms with E-state index in [4.69, 9.17) is 34.8 Å². The molecule has 25 heavy (non-hydrogen) atoms. The average molecular weight is 417 g/mol. The summed E-state index contributed by atoms with van der Waals surface area (Å²) in [4.78, 5) is 26.0. The van der Waals surface area contributed by atoms with Gasteiger partial charge in [-0.15, -0.1) is 0 Å². The highest BCUT2D eigenvalue weighted by Gasteiger charge is 2.35. The molecule has 1 fully saturated rings. The molecule has 3 rings (SSSR count). The minimum atomic E-state index is -0.484. The van der Waals surface area contributed by atoms with Gasteiger partial charge in [0.05, 0.1) is 21.5 Å². The van der Waals surface area contributed by atoms with Crippen LogP contribution in [0.1, 0.15) is 11.1 Å². The number of halogens is 4. The second-order valence-corrected chi connectivity index (χ2v) is 7.39. The highest BCUT2D eigenvalue weighted by Crippen LogP contribution is 2.35. The van der Waals surface area contributed by atoms with E-state index in [0.29, 0.717) is 21.2 Å². The SMILES string of the molecule is O=C1S/C(=C\c2ccc(Cl)c(Cl)c2)C(=O)N1Cc1ccc(F)cc1Cl. The van der Waals surface area contributed by atoms with Crippen LogP contribution in [-0.4, -0.2) is 16.0 Å². The molecule has 1 aliphatic rings. The monoisotopic (exact) mass is 415 g/mol. The van der Waals surface area contributed by atoms with Crippen LogP contribution in [0.4, 0.5) is 9.18 Å². The van der Waals surface area contributed by atoms with E-state index in [2.05, 4.69) is 0 Å². The summed E-state index contributed by atoms with van der Waals surface area (Å²) in [5.74, 6) is -0.927. The van der Waals surface area contributed by atoms with Crippen molar-refractivity contribution in [2.75, 3.05) is 0 Å². The zero-order valence-corrected chi connectivity index (χ0v) is 15.5. The summed E-state index contributed by atoms with van der Waals surface area (Å²) in [5, 5.41) is 0.495. The number of amides is 2. The molecule has 8 heteroatoms. The molecular weight excluding hydrogens is 408 g/mol. The fourth-order valence-electron chi connectivity index (χ4n) is 2.21. The van der Waals surface area contributed by atoms with Crippen molar-refractivity contribution in [3.8, 4) is 0 Å². The molecule has 0 unspecified atom stereocenters. The number of carbonyl (C=O) groups excluding carboxylic acids is 2. The van der Waals surface area contributed by atoms with Gasteiger partial charge in [0, 0.05) is 5.02 Å². The Labute approximate surface area is 162 Å². The molecule has 3 nitrogen and oxygen atoms in total. The Hall–Kier alpha value is -1.53. The summed E-state index contributed by atoms with van der Waals surface area (Å²) >= 11 is 18.6. The van der Waals surface area contributed by atoms with E-state index < -0.39 is 17.0 Å². The standard InChI is InChI=1S/C17H9Cl3FNO2S/c18-12-4-1-9(5-14(12)20)6-15-16(23)22(17(24)25-15)8-10-2-3-11(21)7-13(10)19/h1-7H,8H2/b15-6-. The molecule has 0 bridgehead atoms. The van der Waals surface area contributed by atoms with Gasteiger partial charge in [0.25, 0.3) is 11.1 Å². The second kappa shape index (κ2) is 7.38. The number of rotatable bonds is 3. The van der Waals surface area contributed by atoms with Crippen molar-refractivity contribution in [2.24, 2.45) is 0 Å². The summed E-state index contributed by atoms with van der Waals surface area (Å²) in [6, 6.07) is 8.73. The predicted octanol–water partition coefficient (Wildman–Crippen LogP) is 6.02. The molecule has 2 aromatic rings. The van der Waals surface area contributed by atoms with E-state index >= 15 is 0 Å². The van der Waals surface area contributed by atoms with Crippen LogP contribution in [0.2, 0.25) is 15.1 Å². The fraction of sp³-hybridized carbons (Fsp3) is 0.0588. The van der Waals surface area contributed by atoms with Crippen LogP contribution < -0.4 is 0 Å². The molecule has 0 saturated carbocycles. The van der Waals surface area contributed by atoms with Gasteiger partial charge >= 0.3 is 0 Å². The molecule has 0 N–H and O–H groups in total. The van der Waals surface area contributed by atoms with E-state index in [9.17, 15) is 14.0 Å². The molecule has 2 aromatic carbocycles. The van der Waals surface area contributed by atoms with Crippen LogP contribution >= 0.6 is 46.6 Å². The molecule has 0 radical (unpaired) electrons. The van der Waals surface area contributed by atoms with E-state index in [-0.39, 0.29) is 16.5 Å². The van der Waals surface area contributed by atoms with Gasteiger partial charge in [-0.05, 0) is 53.2 Å². The zero-order valence-electron chi connectivity index (χ0n) is 12.4. The highest BCUT2D eigenvalue weighted by atomic mass is 35.5. The zero-order chi connectivity index (χ0) is 18.1. The molecular formula is C17H9Cl3FNO2S. The Morgan fingerprint density at radius 3 is 2.44 bits per heavy atom. The van der Waals surface area contributed by atoms with Gasteiger partial charge in [-0.25, -0.2) is 4.39 Å². The first-order chi connectivity index (χ1) is 11.8. The smallest absolute Gasteiger partial charge is 0.268 e. The largest absolute Gasteiger partial charge is 0.293 e. The third-order valence-corrected chi connectivity index (χ3v) is 5.46. The minimum absolute atomic E-state index is 0.0253. The van der Waals surface area contributed by atoms with Gasteiger partial charge in [-0.3, -0.25) is 14.5 Å². The second-order valence-electron chi connectivity index (χ2n) is 5.18. The van der Waals surface area contributed by atoms with Gasteiger partial charge in [-0.2, -0.15) is 0 Å². The van der Waals surface area contributed by atoms with Crippen LogP contribution in [0.15, 0.2) is 41.3 Å². The number of thioether (sulfide) groups is 1. The summed E-state index contributed by atoms with van der Waals surface area (Å²) in [6.45, 7) is -0.0253. The lowest BCUT2D eigenvalue weighted by molar-refractivity contribution is -0.123. The number of hydrogen-bond donors (Lipinski definition) is 0. The summed E-state index contributed by atoms with van der Waals surface area (Å²) in [5.41, 5.74) is 1.14. The van der Waals surface area contributed by atoms with Crippen molar-refractivity contribution in [3.05, 3.63) is 73.3 Å². The van der Waals surface area contributed by atoms with Crippen LogP contribution in [0.25, 0.3) is 6.08 Å². The normalized spacial score (nSPS) is 16.2. The van der Waals surface area contributed by atoms with Crippen LogP contribution in [0.3, 0.4) is 0 Å². The van der Waals surface area contributed by atoms with Crippen LogP contribution in [0, 0.1) is 5.82 Å². The van der Waals surface area contributed by atoms with Gasteiger partial charge in [0.2, 0.25) is 0 Å². The van der Waals surface area contributed by atoms with Crippen molar-refractivity contribution in [1.82, 2.24) is 4.90 Å². The van der Waals surface area contributed by atoms with Gasteiger partial charge in [0.15, 0.2) is 0 Å². The fourth-order valence-corrected chi connectivity index (χ4v) is 3.58. The van der Waals surface area contributed by atoms with Crippen molar-refractivity contribution in [2.45, 2.75) is 6.54 Å². The molecule has 0 aliphatic carbocycles. The predicted molar refractivity (Wildman–Crippen MR) is 99.4 cm³/mol. The minimum Gasteiger partial charge on any atom is -0.268 e. The Morgan fingerprint density at radius 2 is 1.76 bits per heavy atom. The molecule has 0 aromatic heterocycles. The number of benzene rings is 2. The first kappa shape index (κ1) is 18.3. The highest BCUT2D eigenvalue weighted by molar-refractivity contribution is 8.18. The van der Waals surface area contributed by atoms with E-state index in [1.54, 1.807) is 24.3 Å². The Balaban J connectivity index is 1.84. The summed E-state index contributed by atoms with van der Waals surface area (Å²) in [6.07, 6.45) is 1.57. The van der Waals surface area contributed by atoms with Gasteiger partial charge < -0.3 is 0 Å².